The molecule has 5 nitrogen and oxygen atoms in total. The van der Waals surface area contributed by atoms with Gasteiger partial charge in [0.2, 0.25) is 0 Å². The van der Waals surface area contributed by atoms with E-state index in [0.29, 0.717) is 18.0 Å². The van der Waals surface area contributed by atoms with Crippen LogP contribution in [0.4, 0.5) is 11.4 Å². The van der Waals surface area contributed by atoms with Crippen LogP contribution in [0, 0.1) is 16.7 Å². The van der Waals surface area contributed by atoms with Crippen LogP contribution in [0.15, 0.2) is 18.2 Å². The van der Waals surface area contributed by atoms with Crippen LogP contribution in [0.5, 0.6) is 5.75 Å². The Morgan fingerprint density at radius 2 is 2.38 bits per heavy atom. The van der Waals surface area contributed by atoms with E-state index in [1.54, 1.807) is 12.7 Å². The second-order valence-electron chi connectivity index (χ2n) is 2.60. The Kier molecular flexibility index (Phi) is 1.77. The second kappa shape index (κ2) is 2.93. The maximum Gasteiger partial charge on any atom is 0.271 e. The minimum atomic E-state index is -0.430. The zero-order chi connectivity index (χ0) is 9.26. The van der Waals surface area contributed by atoms with Crippen LogP contribution in [0.1, 0.15) is 0 Å². The molecule has 0 aromatic heterocycles. The highest BCUT2D eigenvalue weighted by Gasteiger charge is 2.14. The van der Waals surface area contributed by atoms with Crippen molar-refractivity contribution in [3.05, 3.63) is 34.9 Å². The molecule has 1 N–H and O–H groups in total. The molecular weight excluding hydrogens is 172 g/mol. The first kappa shape index (κ1) is 7.85. The average molecular weight is 179 g/mol. The average Bonchev–Trinajstić information content (AvgIpc) is 2.17. The summed E-state index contributed by atoms with van der Waals surface area (Å²) in [5.74, 6) is 0.622. The van der Waals surface area contributed by atoms with E-state index in [4.69, 9.17) is 4.74 Å². The fraction of sp³-hybridized carbons (Fsp3) is 0.125. The minimum absolute atomic E-state index is 0.0664. The van der Waals surface area contributed by atoms with Crippen LogP contribution in [-0.2, 0) is 0 Å². The molecule has 0 aliphatic carbocycles. The molecule has 5 heteroatoms. The van der Waals surface area contributed by atoms with Gasteiger partial charge in [-0.3, -0.25) is 10.1 Å². The summed E-state index contributed by atoms with van der Waals surface area (Å²) in [4.78, 5) is 9.99. The van der Waals surface area contributed by atoms with E-state index < -0.39 is 4.92 Å². The van der Waals surface area contributed by atoms with Gasteiger partial charge in [-0.1, -0.05) is 0 Å². The summed E-state index contributed by atoms with van der Waals surface area (Å²) in [6.07, 6.45) is 0. The first-order valence-corrected chi connectivity index (χ1v) is 3.78. The predicted molar refractivity (Wildman–Crippen MR) is 46.5 cm³/mol. The largest absolute Gasteiger partial charge is 0.482 e. The summed E-state index contributed by atoms with van der Waals surface area (Å²) >= 11 is 0. The predicted octanol–water partition coefficient (Wildman–Crippen LogP) is 1.56. The number of nitro benzene ring substituents is 1. The maximum atomic E-state index is 10.4. The van der Waals surface area contributed by atoms with Crippen LogP contribution in [0.2, 0.25) is 0 Å². The van der Waals surface area contributed by atoms with Crippen molar-refractivity contribution in [3.63, 3.8) is 0 Å². The van der Waals surface area contributed by atoms with Gasteiger partial charge in [0, 0.05) is 12.1 Å². The Balaban J connectivity index is 2.40. The lowest BCUT2D eigenvalue weighted by molar-refractivity contribution is -0.384. The van der Waals surface area contributed by atoms with Crippen molar-refractivity contribution < 1.29 is 9.66 Å². The Labute approximate surface area is 74.5 Å². The molecule has 1 aromatic rings. The summed E-state index contributed by atoms with van der Waals surface area (Å²) in [5.41, 5.74) is 0.730. The Hall–Kier alpha value is -1.78. The molecular formula is C8H7N2O3. The third kappa shape index (κ3) is 1.40. The van der Waals surface area contributed by atoms with Crippen LogP contribution < -0.4 is 10.1 Å². The smallest absolute Gasteiger partial charge is 0.271 e. The molecule has 0 fully saturated rings. The normalized spacial score (nSPS) is 13.8. The van der Waals surface area contributed by atoms with Gasteiger partial charge in [-0.25, -0.2) is 0 Å². The van der Waals surface area contributed by atoms with E-state index >= 15 is 0 Å². The number of anilines is 1. The zero-order valence-electron chi connectivity index (χ0n) is 6.69. The van der Waals surface area contributed by atoms with Crippen molar-refractivity contribution in [2.24, 2.45) is 0 Å². The Morgan fingerprint density at radius 1 is 1.54 bits per heavy atom. The number of benzene rings is 1. The SMILES string of the molecule is O=[N+]([O-])c1ccc2c(c1)NC[CH]O2. The molecule has 1 aliphatic rings. The van der Waals surface area contributed by atoms with Gasteiger partial charge in [0.05, 0.1) is 17.2 Å². The number of nitro groups is 1. The number of hydrogen-bond acceptors (Lipinski definition) is 4. The molecule has 13 heavy (non-hydrogen) atoms. The first-order chi connectivity index (χ1) is 6.27. The Morgan fingerprint density at radius 3 is 3.15 bits per heavy atom. The molecule has 0 atom stereocenters. The van der Waals surface area contributed by atoms with Gasteiger partial charge in [0.1, 0.15) is 5.75 Å². The van der Waals surface area contributed by atoms with E-state index in [9.17, 15) is 10.1 Å². The van der Waals surface area contributed by atoms with Crippen molar-refractivity contribution in [1.82, 2.24) is 0 Å². The number of ether oxygens (including phenoxy) is 1. The van der Waals surface area contributed by atoms with Gasteiger partial charge in [-0.2, -0.15) is 0 Å². The topological polar surface area (TPSA) is 64.4 Å². The van der Waals surface area contributed by atoms with Crippen LogP contribution >= 0.6 is 0 Å². The van der Waals surface area contributed by atoms with E-state index in [1.165, 1.54) is 12.1 Å². The van der Waals surface area contributed by atoms with E-state index in [0.717, 1.165) is 0 Å². The third-order valence-corrected chi connectivity index (χ3v) is 1.76. The molecule has 1 aromatic carbocycles. The van der Waals surface area contributed by atoms with Crippen LogP contribution in [0.25, 0.3) is 0 Å². The van der Waals surface area contributed by atoms with Crippen LogP contribution in [0.3, 0.4) is 0 Å². The monoisotopic (exact) mass is 179 g/mol. The van der Waals surface area contributed by atoms with Crippen molar-refractivity contribution in [2.45, 2.75) is 0 Å². The first-order valence-electron chi connectivity index (χ1n) is 3.78. The zero-order valence-corrected chi connectivity index (χ0v) is 6.69. The van der Waals surface area contributed by atoms with Gasteiger partial charge in [-0.05, 0) is 6.07 Å². The van der Waals surface area contributed by atoms with Crippen molar-refractivity contribution in [2.75, 3.05) is 11.9 Å². The van der Waals surface area contributed by atoms with Crippen LogP contribution in [-0.4, -0.2) is 11.5 Å². The number of fused-ring (bicyclic) bond motifs is 1. The molecule has 0 unspecified atom stereocenters. The summed E-state index contributed by atoms with van der Waals surface area (Å²) < 4.78 is 5.15. The van der Waals surface area contributed by atoms with Crippen molar-refractivity contribution in [1.29, 1.82) is 0 Å². The van der Waals surface area contributed by atoms with Crippen molar-refractivity contribution in [3.8, 4) is 5.75 Å². The lowest BCUT2D eigenvalue weighted by Crippen LogP contribution is -2.13. The number of hydrogen-bond donors (Lipinski definition) is 1. The summed E-state index contributed by atoms with van der Waals surface area (Å²) in [6.45, 7) is 2.17. The molecule has 0 bridgehead atoms. The number of nitrogens with one attached hydrogen (secondary N) is 1. The molecule has 1 aliphatic heterocycles. The molecule has 0 amide bonds. The van der Waals surface area contributed by atoms with Gasteiger partial charge in [0.15, 0.2) is 6.61 Å². The summed E-state index contributed by atoms with van der Waals surface area (Å²) in [5, 5.41) is 13.4. The van der Waals surface area contributed by atoms with Gasteiger partial charge in [0.25, 0.3) is 5.69 Å². The molecule has 0 saturated heterocycles. The fourth-order valence-electron chi connectivity index (χ4n) is 1.16. The quantitative estimate of drug-likeness (QED) is 0.524. The highest BCUT2D eigenvalue weighted by atomic mass is 16.6. The van der Waals surface area contributed by atoms with E-state index in [2.05, 4.69) is 5.32 Å². The second-order valence-corrected chi connectivity index (χ2v) is 2.60. The lowest BCUT2D eigenvalue weighted by atomic mass is 10.2. The molecule has 1 heterocycles. The minimum Gasteiger partial charge on any atom is -0.482 e. The highest BCUT2D eigenvalue weighted by molar-refractivity contribution is 5.62. The number of nitrogens with zero attached hydrogens (tertiary/aromatic N) is 1. The van der Waals surface area contributed by atoms with E-state index in [1.807, 2.05) is 0 Å². The van der Waals surface area contributed by atoms with Gasteiger partial charge < -0.3 is 10.1 Å². The molecule has 1 radical (unpaired) electrons. The van der Waals surface area contributed by atoms with Gasteiger partial charge >= 0.3 is 0 Å². The summed E-state index contributed by atoms with van der Waals surface area (Å²) in [6, 6.07) is 4.46. The maximum absolute atomic E-state index is 10.4. The molecule has 2 rings (SSSR count). The van der Waals surface area contributed by atoms with Gasteiger partial charge in [-0.15, -0.1) is 0 Å². The van der Waals surface area contributed by atoms with E-state index in [-0.39, 0.29) is 5.69 Å². The molecule has 0 saturated carbocycles. The Bertz CT molecular complexity index is 351. The molecule has 67 valence electrons. The number of rotatable bonds is 1. The fourth-order valence-corrected chi connectivity index (χ4v) is 1.16. The third-order valence-electron chi connectivity index (χ3n) is 1.76. The highest BCUT2D eigenvalue weighted by Crippen LogP contribution is 2.31. The van der Waals surface area contributed by atoms with Crippen molar-refractivity contribution >= 4 is 11.4 Å². The molecule has 0 spiro atoms. The summed E-state index contributed by atoms with van der Waals surface area (Å²) in [7, 11) is 0. The lowest BCUT2D eigenvalue weighted by Gasteiger charge is -2.17. The number of non-ortho nitro benzene ring substituents is 1. The standard InChI is InChI=1S/C8H7N2O3/c11-10(12)6-1-2-8-7(5-6)9-3-4-13-8/h1-2,4-5,9H,3H2.